The van der Waals surface area contributed by atoms with Crippen molar-refractivity contribution in [2.75, 3.05) is 16.6 Å². The molecule has 1 fully saturated rings. The van der Waals surface area contributed by atoms with Crippen molar-refractivity contribution in [3.63, 3.8) is 0 Å². The van der Waals surface area contributed by atoms with E-state index in [0.29, 0.717) is 28.6 Å². The molecule has 0 radical (unpaired) electrons. The maximum Gasteiger partial charge on any atom is 0.262 e. The summed E-state index contributed by atoms with van der Waals surface area (Å²) in [6.45, 7) is 2.38. The number of carbonyl (C=O) groups is 1. The molecule has 8 heteroatoms. The molecule has 3 rings (SSSR count). The van der Waals surface area contributed by atoms with Crippen molar-refractivity contribution in [3.8, 4) is 0 Å². The van der Waals surface area contributed by atoms with Gasteiger partial charge >= 0.3 is 0 Å². The molecule has 6 nitrogen and oxygen atoms in total. The van der Waals surface area contributed by atoms with E-state index in [1.54, 1.807) is 43.3 Å². The zero-order chi connectivity index (χ0) is 19.4. The Labute approximate surface area is 163 Å². The second-order valence-corrected chi connectivity index (χ2v) is 8.57. The van der Waals surface area contributed by atoms with Crippen LogP contribution in [-0.4, -0.2) is 27.0 Å². The number of anilines is 2. The smallest absolute Gasteiger partial charge is 0.262 e. The van der Waals surface area contributed by atoms with Gasteiger partial charge in [-0.2, -0.15) is 0 Å². The van der Waals surface area contributed by atoms with Gasteiger partial charge in [0.15, 0.2) is 0 Å². The first-order valence-corrected chi connectivity index (χ1v) is 10.5. The monoisotopic (exact) mass is 408 g/mol. The number of aryl methyl sites for hydroxylation is 1. The number of ether oxygens (including phenoxy) is 1. The molecular formula is C19H21ClN2O4S. The fourth-order valence-corrected chi connectivity index (χ4v) is 4.38. The van der Waals surface area contributed by atoms with Crippen molar-refractivity contribution >= 4 is 38.9 Å². The van der Waals surface area contributed by atoms with Gasteiger partial charge in [-0.05, 0) is 61.7 Å². The van der Waals surface area contributed by atoms with E-state index in [1.165, 1.54) is 6.07 Å². The van der Waals surface area contributed by atoms with Gasteiger partial charge in [-0.15, -0.1) is 0 Å². The molecule has 2 aromatic rings. The molecule has 1 aliphatic heterocycles. The van der Waals surface area contributed by atoms with E-state index >= 15 is 0 Å². The first-order valence-electron chi connectivity index (χ1n) is 8.64. The predicted molar refractivity (Wildman–Crippen MR) is 106 cm³/mol. The van der Waals surface area contributed by atoms with Gasteiger partial charge < -0.3 is 10.1 Å². The molecule has 1 aliphatic rings. The molecule has 0 saturated carbocycles. The molecule has 1 heterocycles. The van der Waals surface area contributed by atoms with Crippen LogP contribution in [0.15, 0.2) is 47.4 Å². The zero-order valence-corrected chi connectivity index (χ0v) is 16.4. The van der Waals surface area contributed by atoms with Crippen LogP contribution in [0.5, 0.6) is 0 Å². The number of carbonyl (C=O) groups excluding carboxylic acids is 1. The van der Waals surface area contributed by atoms with E-state index in [1.807, 2.05) is 0 Å². The molecule has 2 N–H and O–H groups in total. The number of nitrogens with one attached hydrogen (secondary N) is 2. The maximum atomic E-state index is 12.7. The molecule has 27 heavy (non-hydrogen) atoms. The Bertz CT molecular complexity index is 923. The number of hydrogen-bond acceptors (Lipinski definition) is 4. The summed E-state index contributed by atoms with van der Waals surface area (Å²) in [7, 11) is -3.81. The van der Waals surface area contributed by atoms with Gasteiger partial charge in [0.2, 0.25) is 5.91 Å². The summed E-state index contributed by atoms with van der Waals surface area (Å²) in [4.78, 5) is 12.3. The lowest BCUT2D eigenvalue weighted by atomic mass is 10.1. The molecule has 144 valence electrons. The molecule has 0 bridgehead atoms. The Morgan fingerprint density at radius 3 is 2.56 bits per heavy atom. The molecule has 1 unspecified atom stereocenters. The SMILES string of the molecule is Cc1ccc(NC(=O)CC2CCCO2)cc1S(=O)(=O)Nc1ccc(Cl)cc1. The van der Waals surface area contributed by atoms with Crippen LogP contribution < -0.4 is 10.0 Å². The number of hydrogen-bond donors (Lipinski definition) is 2. The fourth-order valence-electron chi connectivity index (χ4n) is 2.92. The Balaban J connectivity index is 1.75. The van der Waals surface area contributed by atoms with Crippen molar-refractivity contribution in [1.29, 1.82) is 0 Å². The van der Waals surface area contributed by atoms with Crippen LogP contribution >= 0.6 is 11.6 Å². The van der Waals surface area contributed by atoms with E-state index in [2.05, 4.69) is 10.0 Å². The Morgan fingerprint density at radius 2 is 1.89 bits per heavy atom. The number of halogens is 1. The van der Waals surface area contributed by atoms with Crippen LogP contribution in [0.25, 0.3) is 0 Å². The molecule has 1 saturated heterocycles. The highest BCUT2D eigenvalue weighted by molar-refractivity contribution is 7.92. The lowest BCUT2D eigenvalue weighted by Gasteiger charge is -2.14. The summed E-state index contributed by atoms with van der Waals surface area (Å²) < 4.78 is 33.5. The van der Waals surface area contributed by atoms with Crippen LogP contribution in [0, 0.1) is 6.92 Å². The van der Waals surface area contributed by atoms with Gasteiger partial charge in [-0.1, -0.05) is 17.7 Å². The highest BCUT2D eigenvalue weighted by Crippen LogP contribution is 2.24. The van der Waals surface area contributed by atoms with E-state index in [9.17, 15) is 13.2 Å². The van der Waals surface area contributed by atoms with Gasteiger partial charge in [-0.25, -0.2) is 8.42 Å². The minimum atomic E-state index is -3.81. The first-order chi connectivity index (χ1) is 12.8. The Kier molecular flexibility index (Phi) is 6.04. The highest BCUT2D eigenvalue weighted by Gasteiger charge is 2.21. The van der Waals surface area contributed by atoms with Crippen molar-refractivity contribution in [2.24, 2.45) is 0 Å². The number of amides is 1. The third-order valence-electron chi connectivity index (χ3n) is 4.29. The summed E-state index contributed by atoms with van der Waals surface area (Å²) in [6.07, 6.45) is 2.02. The standard InChI is InChI=1S/C19H21ClN2O4S/c1-13-4-7-16(21-19(23)12-17-3-2-10-26-17)11-18(13)27(24,25)22-15-8-5-14(20)6-9-15/h4-9,11,17,22H,2-3,10,12H2,1H3,(H,21,23). The average Bonchev–Trinajstić information content (AvgIpc) is 3.11. The largest absolute Gasteiger partial charge is 0.378 e. The molecular weight excluding hydrogens is 388 g/mol. The molecule has 0 spiro atoms. The van der Waals surface area contributed by atoms with Gasteiger partial charge in [0.05, 0.1) is 17.4 Å². The van der Waals surface area contributed by atoms with E-state index in [0.717, 1.165) is 12.8 Å². The Hall–Kier alpha value is -2.09. The van der Waals surface area contributed by atoms with Crippen LogP contribution in [0.2, 0.25) is 5.02 Å². The van der Waals surface area contributed by atoms with E-state index in [-0.39, 0.29) is 23.3 Å². The molecule has 2 aromatic carbocycles. The number of sulfonamides is 1. The first kappa shape index (κ1) is 19.7. The lowest BCUT2D eigenvalue weighted by Crippen LogP contribution is -2.20. The molecule has 1 amide bonds. The summed E-state index contributed by atoms with van der Waals surface area (Å²) in [5.41, 5.74) is 1.42. The second kappa shape index (κ2) is 8.29. The van der Waals surface area contributed by atoms with Crippen molar-refractivity contribution in [3.05, 3.63) is 53.1 Å². The quantitative estimate of drug-likeness (QED) is 0.757. The van der Waals surface area contributed by atoms with Crippen LogP contribution in [-0.2, 0) is 19.6 Å². The number of rotatable bonds is 6. The fraction of sp³-hybridized carbons (Fsp3) is 0.316. The molecule has 1 atom stereocenters. The van der Waals surface area contributed by atoms with E-state index in [4.69, 9.17) is 16.3 Å². The predicted octanol–water partition coefficient (Wildman–Crippen LogP) is 3.96. The maximum absolute atomic E-state index is 12.7. The second-order valence-electron chi connectivity index (χ2n) is 6.48. The van der Waals surface area contributed by atoms with Crippen molar-refractivity contribution < 1.29 is 17.9 Å². The summed E-state index contributed by atoms with van der Waals surface area (Å²) in [6, 6.07) is 11.2. The third-order valence-corrected chi connectivity index (χ3v) is 6.07. The van der Waals surface area contributed by atoms with Crippen molar-refractivity contribution in [1.82, 2.24) is 0 Å². The normalized spacial score (nSPS) is 16.9. The van der Waals surface area contributed by atoms with Crippen LogP contribution in [0.3, 0.4) is 0 Å². The lowest BCUT2D eigenvalue weighted by molar-refractivity contribution is -0.118. The van der Waals surface area contributed by atoms with Crippen LogP contribution in [0.4, 0.5) is 11.4 Å². The Morgan fingerprint density at radius 1 is 1.19 bits per heavy atom. The minimum absolute atomic E-state index is 0.0646. The zero-order valence-electron chi connectivity index (χ0n) is 14.9. The summed E-state index contributed by atoms with van der Waals surface area (Å²) in [5, 5.41) is 3.27. The van der Waals surface area contributed by atoms with Gasteiger partial charge in [-0.3, -0.25) is 9.52 Å². The molecule has 0 aliphatic carbocycles. The molecule has 0 aromatic heterocycles. The van der Waals surface area contributed by atoms with Gasteiger partial charge in [0.25, 0.3) is 10.0 Å². The van der Waals surface area contributed by atoms with Gasteiger partial charge in [0, 0.05) is 23.0 Å². The number of benzene rings is 2. The topological polar surface area (TPSA) is 84.5 Å². The van der Waals surface area contributed by atoms with Crippen molar-refractivity contribution in [2.45, 2.75) is 37.2 Å². The highest BCUT2D eigenvalue weighted by atomic mass is 35.5. The summed E-state index contributed by atoms with van der Waals surface area (Å²) in [5.74, 6) is -0.195. The summed E-state index contributed by atoms with van der Waals surface area (Å²) >= 11 is 5.83. The van der Waals surface area contributed by atoms with Crippen LogP contribution in [0.1, 0.15) is 24.8 Å². The average molecular weight is 409 g/mol. The minimum Gasteiger partial charge on any atom is -0.378 e. The van der Waals surface area contributed by atoms with Gasteiger partial charge in [0.1, 0.15) is 0 Å². The van der Waals surface area contributed by atoms with E-state index < -0.39 is 10.0 Å². The third kappa shape index (κ3) is 5.22.